The van der Waals surface area contributed by atoms with Gasteiger partial charge in [0.1, 0.15) is 24.2 Å². The third-order valence-electron chi connectivity index (χ3n) is 6.80. The Bertz CT molecular complexity index is 1510. The van der Waals surface area contributed by atoms with Crippen molar-refractivity contribution in [3.63, 3.8) is 0 Å². The molecule has 2 N–H and O–H groups in total. The van der Waals surface area contributed by atoms with E-state index in [1.54, 1.807) is 0 Å². The van der Waals surface area contributed by atoms with Crippen LogP contribution in [-0.4, -0.2) is 51.5 Å². The van der Waals surface area contributed by atoms with E-state index < -0.39 is 12.0 Å². The molecule has 2 aromatic heterocycles. The Hall–Kier alpha value is -3.88. The lowest BCUT2D eigenvalue weighted by molar-refractivity contribution is -0.143. The normalized spacial score (nSPS) is 15.4. The van der Waals surface area contributed by atoms with Gasteiger partial charge in [-0.15, -0.1) is 0 Å². The van der Waals surface area contributed by atoms with Gasteiger partial charge in [-0.25, -0.2) is 0 Å². The van der Waals surface area contributed by atoms with Gasteiger partial charge in [-0.1, -0.05) is 42.5 Å². The average molecular weight is 499 g/mol. The minimum absolute atomic E-state index is 0.482. The number of carboxylic acid groups (broad SMARTS) is 1. The van der Waals surface area contributed by atoms with Crippen LogP contribution in [0.4, 0.5) is 5.82 Å². The SMILES string of the molecule is O=C(O)[C@H](c1c[nH]c2cc(OCc3ccccc3)ccc12)N1CCN(c2nsc3ccccc23)CC1. The second-order valence-corrected chi connectivity index (χ2v) is 9.80. The van der Waals surface area contributed by atoms with Crippen LogP contribution in [0.3, 0.4) is 0 Å². The fourth-order valence-electron chi connectivity index (χ4n) is 4.96. The average Bonchev–Trinajstić information content (AvgIpc) is 3.53. The number of aromatic amines is 1. The van der Waals surface area contributed by atoms with E-state index in [2.05, 4.69) is 31.3 Å². The van der Waals surface area contributed by atoms with E-state index in [4.69, 9.17) is 4.74 Å². The molecule has 3 aromatic carbocycles. The molecule has 0 bridgehead atoms. The van der Waals surface area contributed by atoms with Gasteiger partial charge in [0.15, 0.2) is 0 Å². The number of fused-ring (bicyclic) bond motifs is 2. The van der Waals surface area contributed by atoms with Gasteiger partial charge in [-0.05, 0) is 41.4 Å². The summed E-state index contributed by atoms with van der Waals surface area (Å²) < 4.78 is 11.8. The van der Waals surface area contributed by atoms with Gasteiger partial charge in [0.05, 0.1) is 4.70 Å². The van der Waals surface area contributed by atoms with Crippen molar-refractivity contribution in [1.82, 2.24) is 14.3 Å². The molecule has 1 atom stereocenters. The van der Waals surface area contributed by atoms with Crippen molar-refractivity contribution in [1.29, 1.82) is 0 Å². The Morgan fingerprint density at radius 3 is 2.58 bits per heavy atom. The molecule has 6 rings (SSSR count). The third-order valence-corrected chi connectivity index (χ3v) is 7.62. The van der Waals surface area contributed by atoms with Crippen LogP contribution in [0.1, 0.15) is 17.2 Å². The lowest BCUT2D eigenvalue weighted by atomic mass is 10.0. The zero-order chi connectivity index (χ0) is 24.5. The van der Waals surface area contributed by atoms with Crippen LogP contribution in [0.15, 0.2) is 79.0 Å². The Labute approximate surface area is 212 Å². The third kappa shape index (κ3) is 4.29. The van der Waals surface area contributed by atoms with Gasteiger partial charge >= 0.3 is 5.97 Å². The van der Waals surface area contributed by atoms with Crippen LogP contribution >= 0.6 is 11.5 Å². The largest absolute Gasteiger partial charge is 0.489 e. The van der Waals surface area contributed by atoms with E-state index in [1.165, 1.54) is 16.2 Å². The molecule has 1 aliphatic rings. The van der Waals surface area contributed by atoms with Crippen molar-refractivity contribution in [2.24, 2.45) is 0 Å². The number of nitrogens with one attached hydrogen (secondary N) is 1. The summed E-state index contributed by atoms with van der Waals surface area (Å²) in [5.41, 5.74) is 2.74. The van der Waals surface area contributed by atoms with Crippen LogP contribution in [-0.2, 0) is 11.4 Å². The molecule has 0 spiro atoms. The highest BCUT2D eigenvalue weighted by molar-refractivity contribution is 7.13. The number of piperazine rings is 1. The summed E-state index contributed by atoms with van der Waals surface area (Å²) in [6, 6.07) is 23.3. The number of aromatic nitrogens is 2. The second-order valence-electron chi connectivity index (χ2n) is 8.99. The summed E-state index contributed by atoms with van der Waals surface area (Å²) in [5.74, 6) is 0.904. The van der Waals surface area contributed by atoms with Crippen LogP contribution in [0.2, 0.25) is 0 Å². The van der Waals surface area contributed by atoms with Crippen molar-refractivity contribution in [2.75, 3.05) is 31.1 Å². The molecular formula is C28H26N4O3S. The topological polar surface area (TPSA) is 81.7 Å². The first-order chi connectivity index (χ1) is 17.7. The molecule has 0 unspecified atom stereocenters. The number of rotatable bonds is 7. The van der Waals surface area contributed by atoms with Gasteiger partial charge in [-0.3, -0.25) is 9.69 Å². The number of hydrogen-bond acceptors (Lipinski definition) is 6. The quantitative estimate of drug-likeness (QED) is 0.317. The number of hydrogen-bond donors (Lipinski definition) is 2. The van der Waals surface area contributed by atoms with Crippen molar-refractivity contribution in [3.05, 3.63) is 90.1 Å². The van der Waals surface area contributed by atoms with Crippen molar-refractivity contribution >= 4 is 44.3 Å². The number of carboxylic acids is 1. The monoisotopic (exact) mass is 498 g/mol. The molecule has 0 aliphatic carbocycles. The number of aliphatic carboxylic acids is 1. The van der Waals surface area contributed by atoms with E-state index in [1.807, 2.05) is 66.9 Å². The molecule has 1 saturated heterocycles. The summed E-state index contributed by atoms with van der Waals surface area (Å²) in [6.45, 7) is 3.24. The summed E-state index contributed by atoms with van der Waals surface area (Å²) >= 11 is 1.51. The van der Waals surface area contributed by atoms with Gasteiger partial charge in [0.25, 0.3) is 0 Å². The molecule has 3 heterocycles. The zero-order valence-corrected chi connectivity index (χ0v) is 20.4. The summed E-state index contributed by atoms with van der Waals surface area (Å²) in [6.07, 6.45) is 1.82. The lowest BCUT2D eigenvalue weighted by Gasteiger charge is -2.38. The summed E-state index contributed by atoms with van der Waals surface area (Å²) in [7, 11) is 0. The highest BCUT2D eigenvalue weighted by Crippen LogP contribution is 2.34. The number of carbonyl (C=O) groups is 1. The predicted octanol–water partition coefficient (Wildman–Crippen LogP) is 5.30. The fraction of sp³-hybridized carbons (Fsp3) is 0.214. The van der Waals surface area contributed by atoms with E-state index in [0.717, 1.165) is 52.1 Å². The zero-order valence-electron chi connectivity index (χ0n) is 19.6. The van der Waals surface area contributed by atoms with E-state index in [0.29, 0.717) is 19.7 Å². The maximum absolute atomic E-state index is 12.4. The van der Waals surface area contributed by atoms with Crippen molar-refractivity contribution in [3.8, 4) is 5.75 Å². The van der Waals surface area contributed by atoms with Gasteiger partial charge in [0, 0.05) is 60.3 Å². The molecule has 182 valence electrons. The molecule has 1 fully saturated rings. The Morgan fingerprint density at radius 1 is 1.00 bits per heavy atom. The Balaban J connectivity index is 1.18. The number of H-pyrrole nitrogens is 1. The van der Waals surface area contributed by atoms with Gasteiger partial charge < -0.3 is 19.7 Å². The van der Waals surface area contributed by atoms with Crippen LogP contribution < -0.4 is 9.64 Å². The maximum Gasteiger partial charge on any atom is 0.325 e. The second kappa shape index (κ2) is 9.64. The smallest absolute Gasteiger partial charge is 0.325 e. The van der Waals surface area contributed by atoms with Crippen molar-refractivity contribution < 1.29 is 14.6 Å². The minimum Gasteiger partial charge on any atom is -0.489 e. The fourth-order valence-corrected chi connectivity index (χ4v) is 5.76. The van der Waals surface area contributed by atoms with E-state index in [9.17, 15) is 9.90 Å². The molecular weight excluding hydrogens is 472 g/mol. The highest BCUT2D eigenvalue weighted by Gasteiger charge is 2.33. The van der Waals surface area contributed by atoms with Crippen LogP contribution in [0.25, 0.3) is 21.0 Å². The Morgan fingerprint density at radius 2 is 1.78 bits per heavy atom. The first kappa shape index (κ1) is 22.6. The summed E-state index contributed by atoms with van der Waals surface area (Å²) in [4.78, 5) is 20.0. The molecule has 36 heavy (non-hydrogen) atoms. The first-order valence-electron chi connectivity index (χ1n) is 12.0. The van der Waals surface area contributed by atoms with Crippen molar-refractivity contribution in [2.45, 2.75) is 12.6 Å². The first-order valence-corrected chi connectivity index (χ1v) is 12.8. The molecule has 0 amide bonds. The van der Waals surface area contributed by atoms with Crippen LogP contribution in [0, 0.1) is 0 Å². The molecule has 1 aliphatic heterocycles. The minimum atomic E-state index is -0.840. The van der Waals surface area contributed by atoms with E-state index in [-0.39, 0.29) is 0 Å². The van der Waals surface area contributed by atoms with Gasteiger partial charge in [-0.2, -0.15) is 4.37 Å². The molecule has 0 saturated carbocycles. The highest BCUT2D eigenvalue weighted by atomic mass is 32.1. The van der Waals surface area contributed by atoms with E-state index >= 15 is 0 Å². The molecule has 0 radical (unpaired) electrons. The summed E-state index contributed by atoms with van der Waals surface area (Å²) in [5, 5.41) is 12.3. The molecule has 5 aromatic rings. The standard InChI is InChI=1S/C28H26N4O3S/c33-28(34)26(31-12-14-32(15-13-31)27-22-8-4-5-9-25(22)36-30-27)23-17-29-24-16-20(10-11-21(23)24)35-18-19-6-2-1-3-7-19/h1-11,16-17,26,29H,12-15,18H2,(H,33,34)/t26-/m0/s1. The van der Waals surface area contributed by atoms with Gasteiger partial charge in [0.2, 0.25) is 0 Å². The maximum atomic E-state index is 12.4. The number of ether oxygens (including phenoxy) is 1. The van der Waals surface area contributed by atoms with Crippen LogP contribution in [0.5, 0.6) is 5.75 Å². The lowest BCUT2D eigenvalue weighted by Crippen LogP contribution is -2.49. The number of anilines is 1. The molecule has 7 nitrogen and oxygen atoms in total. The molecule has 8 heteroatoms. The predicted molar refractivity (Wildman–Crippen MR) is 143 cm³/mol. The number of nitrogens with zero attached hydrogens (tertiary/aromatic N) is 3. The number of benzene rings is 3. The Kier molecular flexibility index (Phi) is 6.04.